The highest BCUT2D eigenvalue weighted by Crippen LogP contribution is 2.29. The fraction of sp³-hybridized carbons (Fsp3) is 0.556. The molecule has 0 aliphatic carbocycles. The Balaban J connectivity index is 1.84. The standard InChI is InChI=1S/C18H24N2O2/c1-13-7-8-15(14(2)11-13)20-17(21)12-16(18(20)22)19-9-5-3-4-6-10-19/h7-8,11,16H,3-6,9-10,12H2,1-2H3/t16-/m0/s1. The zero-order valence-corrected chi connectivity index (χ0v) is 13.5. The summed E-state index contributed by atoms with van der Waals surface area (Å²) in [5, 5.41) is 0. The Labute approximate surface area is 132 Å². The van der Waals surface area contributed by atoms with Gasteiger partial charge in [-0.05, 0) is 51.4 Å². The molecule has 2 amide bonds. The molecule has 1 atom stereocenters. The van der Waals surface area contributed by atoms with Crippen LogP contribution >= 0.6 is 0 Å². The Morgan fingerprint density at radius 1 is 1.00 bits per heavy atom. The quantitative estimate of drug-likeness (QED) is 0.789. The van der Waals surface area contributed by atoms with Crippen LogP contribution in [0.5, 0.6) is 0 Å². The highest BCUT2D eigenvalue weighted by atomic mass is 16.2. The molecule has 0 saturated carbocycles. The lowest BCUT2D eigenvalue weighted by Gasteiger charge is -2.25. The van der Waals surface area contributed by atoms with E-state index in [1.165, 1.54) is 17.7 Å². The second-order valence-corrected chi connectivity index (χ2v) is 6.53. The molecule has 1 aromatic carbocycles. The first-order valence-electron chi connectivity index (χ1n) is 8.26. The lowest BCUT2D eigenvalue weighted by molar-refractivity contribution is -0.122. The van der Waals surface area contributed by atoms with E-state index in [1.807, 2.05) is 32.0 Å². The van der Waals surface area contributed by atoms with Crippen LogP contribution in [0, 0.1) is 13.8 Å². The molecule has 3 rings (SSSR count). The third kappa shape index (κ3) is 2.80. The summed E-state index contributed by atoms with van der Waals surface area (Å²) in [5.41, 5.74) is 2.88. The van der Waals surface area contributed by atoms with Crippen molar-refractivity contribution in [1.82, 2.24) is 4.90 Å². The summed E-state index contributed by atoms with van der Waals surface area (Å²) >= 11 is 0. The van der Waals surface area contributed by atoms with E-state index in [9.17, 15) is 9.59 Å². The highest BCUT2D eigenvalue weighted by molar-refractivity contribution is 6.22. The molecule has 2 aliphatic heterocycles. The summed E-state index contributed by atoms with van der Waals surface area (Å²) in [7, 11) is 0. The lowest BCUT2D eigenvalue weighted by atomic mass is 10.1. The van der Waals surface area contributed by atoms with Gasteiger partial charge in [-0.15, -0.1) is 0 Å². The number of carbonyl (C=O) groups is 2. The number of likely N-dealkylation sites (tertiary alicyclic amines) is 1. The van der Waals surface area contributed by atoms with Gasteiger partial charge in [-0.1, -0.05) is 30.5 Å². The van der Waals surface area contributed by atoms with Crippen molar-refractivity contribution in [1.29, 1.82) is 0 Å². The van der Waals surface area contributed by atoms with E-state index in [0.29, 0.717) is 6.42 Å². The van der Waals surface area contributed by atoms with Crippen molar-refractivity contribution in [2.45, 2.75) is 52.0 Å². The SMILES string of the molecule is Cc1ccc(N2C(=O)C[C@H](N3CCCCCC3)C2=O)c(C)c1. The van der Waals surface area contributed by atoms with Crippen LogP contribution in [0.2, 0.25) is 0 Å². The van der Waals surface area contributed by atoms with Crippen molar-refractivity contribution in [3.05, 3.63) is 29.3 Å². The van der Waals surface area contributed by atoms with E-state index in [2.05, 4.69) is 4.90 Å². The molecule has 118 valence electrons. The Bertz CT molecular complexity index is 589. The monoisotopic (exact) mass is 300 g/mol. The second-order valence-electron chi connectivity index (χ2n) is 6.53. The van der Waals surface area contributed by atoms with Crippen LogP contribution in [0.3, 0.4) is 0 Å². The van der Waals surface area contributed by atoms with Crippen LogP contribution in [0.1, 0.15) is 43.2 Å². The molecule has 0 N–H and O–H groups in total. The van der Waals surface area contributed by atoms with Crippen molar-refractivity contribution in [2.24, 2.45) is 0 Å². The number of hydrogen-bond acceptors (Lipinski definition) is 3. The van der Waals surface area contributed by atoms with Crippen molar-refractivity contribution in [3.63, 3.8) is 0 Å². The first-order valence-corrected chi connectivity index (χ1v) is 8.26. The molecule has 2 saturated heterocycles. The van der Waals surface area contributed by atoms with Crippen molar-refractivity contribution in [2.75, 3.05) is 18.0 Å². The van der Waals surface area contributed by atoms with E-state index in [4.69, 9.17) is 0 Å². The third-order valence-corrected chi connectivity index (χ3v) is 4.80. The van der Waals surface area contributed by atoms with Crippen LogP contribution in [-0.2, 0) is 9.59 Å². The van der Waals surface area contributed by atoms with Gasteiger partial charge in [-0.3, -0.25) is 14.5 Å². The number of imide groups is 1. The predicted molar refractivity (Wildman–Crippen MR) is 86.9 cm³/mol. The van der Waals surface area contributed by atoms with Crippen LogP contribution in [0.4, 0.5) is 5.69 Å². The van der Waals surface area contributed by atoms with Gasteiger partial charge < -0.3 is 0 Å². The van der Waals surface area contributed by atoms with Gasteiger partial charge in [0.25, 0.3) is 5.91 Å². The topological polar surface area (TPSA) is 40.6 Å². The molecule has 4 heteroatoms. The zero-order valence-electron chi connectivity index (χ0n) is 13.5. The van der Waals surface area contributed by atoms with Crippen molar-refractivity contribution < 1.29 is 9.59 Å². The molecule has 2 heterocycles. The maximum Gasteiger partial charge on any atom is 0.251 e. The molecule has 2 fully saturated rings. The van der Waals surface area contributed by atoms with E-state index in [-0.39, 0.29) is 17.9 Å². The van der Waals surface area contributed by atoms with Gasteiger partial charge >= 0.3 is 0 Å². The minimum absolute atomic E-state index is 0.0427. The lowest BCUT2D eigenvalue weighted by Crippen LogP contribution is -2.42. The summed E-state index contributed by atoms with van der Waals surface area (Å²) in [6, 6.07) is 5.62. The average molecular weight is 300 g/mol. The van der Waals surface area contributed by atoms with Gasteiger partial charge in [-0.2, -0.15) is 0 Å². The fourth-order valence-corrected chi connectivity index (χ4v) is 3.62. The van der Waals surface area contributed by atoms with E-state index < -0.39 is 0 Å². The van der Waals surface area contributed by atoms with Crippen molar-refractivity contribution in [3.8, 4) is 0 Å². The van der Waals surface area contributed by atoms with Crippen LogP contribution in [-0.4, -0.2) is 35.8 Å². The summed E-state index contributed by atoms with van der Waals surface area (Å²) in [5.74, 6) is -0.106. The Kier molecular flexibility index (Phi) is 4.30. The molecule has 1 aromatic rings. The molecular weight excluding hydrogens is 276 g/mol. The smallest absolute Gasteiger partial charge is 0.251 e. The van der Waals surface area contributed by atoms with Gasteiger partial charge in [-0.25, -0.2) is 4.90 Å². The van der Waals surface area contributed by atoms with E-state index >= 15 is 0 Å². The van der Waals surface area contributed by atoms with E-state index in [0.717, 1.165) is 42.7 Å². The molecule has 0 bridgehead atoms. The predicted octanol–water partition coefficient (Wildman–Crippen LogP) is 2.81. The number of aryl methyl sites for hydroxylation is 2. The summed E-state index contributed by atoms with van der Waals surface area (Å²) < 4.78 is 0. The molecule has 0 spiro atoms. The van der Waals surface area contributed by atoms with Gasteiger partial charge in [0.1, 0.15) is 0 Å². The largest absolute Gasteiger partial charge is 0.292 e. The molecule has 0 aromatic heterocycles. The Morgan fingerprint density at radius 3 is 2.32 bits per heavy atom. The Morgan fingerprint density at radius 2 is 1.68 bits per heavy atom. The van der Waals surface area contributed by atoms with Crippen LogP contribution in [0.25, 0.3) is 0 Å². The highest BCUT2D eigenvalue weighted by Gasteiger charge is 2.42. The number of hydrogen-bond donors (Lipinski definition) is 0. The summed E-state index contributed by atoms with van der Waals surface area (Å²) in [6.07, 6.45) is 5.04. The van der Waals surface area contributed by atoms with Gasteiger partial charge in [0, 0.05) is 0 Å². The minimum Gasteiger partial charge on any atom is -0.292 e. The number of nitrogens with zero attached hydrogens (tertiary/aromatic N) is 2. The minimum atomic E-state index is -0.258. The molecule has 22 heavy (non-hydrogen) atoms. The number of benzene rings is 1. The van der Waals surface area contributed by atoms with Gasteiger partial charge in [0.2, 0.25) is 5.91 Å². The van der Waals surface area contributed by atoms with Crippen LogP contribution in [0.15, 0.2) is 18.2 Å². The molecule has 4 nitrogen and oxygen atoms in total. The normalized spacial score (nSPS) is 23.9. The third-order valence-electron chi connectivity index (χ3n) is 4.80. The van der Waals surface area contributed by atoms with Gasteiger partial charge in [0.15, 0.2) is 0 Å². The number of rotatable bonds is 2. The zero-order chi connectivity index (χ0) is 15.7. The van der Waals surface area contributed by atoms with Crippen LogP contribution < -0.4 is 4.90 Å². The van der Waals surface area contributed by atoms with Gasteiger partial charge in [0.05, 0.1) is 18.2 Å². The fourth-order valence-electron chi connectivity index (χ4n) is 3.62. The second kappa shape index (κ2) is 6.21. The first-order chi connectivity index (χ1) is 10.6. The maximum absolute atomic E-state index is 12.8. The van der Waals surface area contributed by atoms with Crippen molar-refractivity contribution >= 4 is 17.5 Å². The van der Waals surface area contributed by atoms with E-state index in [1.54, 1.807) is 0 Å². The number of amides is 2. The molecular formula is C18H24N2O2. The number of anilines is 1. The molecule has 0 unspecified atom stereocenters. The first kappa shape index (κ1) is 15.2. The summed E-state index contributed by atoms with van der Waals surface area (Å²) in [4.78, 5) is 28.9. The Hall–Kier alpha value is -1.68. The maximum atomic E-state index is 12.8. The molecule has 2 aliphatic rings. The average Bonchev–Trinajstić information content (AvgIpc) is 2.69. The molecule has 0 radical (unpaired) electrons. The summed E-state index contributed by atoms with van der Waals surface area (Å²) in [6.45, 7) is 5.85. The number of carbonyl (C=O) groups excluding carboxylic acids is 2.